The highest BCUT2D eigenvalue weighted by molar-refractivity contribution is 5.70. The molecule has 0 fully saturated rings. The normalized spacial score (nSPS) is 12.7. The molecule has 0 aliphatic carbocycles. The fourth-order valence-corrected chi connectivity index (χ4v) is 3.07. The van der Waals surface area contributed by atoms with E-state index in [2.05, 4.69) is 19.6 Å². The van der Waals surface area contributed by atoms with Gasteiger partial charge in [0.15, 0.2) is 0 Å². The number of nitrogens with zero attached hydrogens (tertiary/aromatic N) is 4. The van der Waals surface area contributed by atoms with Gasteiger partial charge in [0.05, 0.1) is 31.7 Å². The molecule has 0 aromatic rings. The first kappa shape index (κ1) is 33.7. The third kappa shape index (κ3) is 20.6. The number of carbonyl (C=O) groups is 2. The van der Waals surface area contributed by atoms with Crippen LogP contribution in [-0.2, 0) is 23.8 Å². The topological polar surface area (TPSA) is 74.8 Å². The number of ether oxygens (including phenoxy) is 3. The Labute approximate surface area is 215 Å². The molecule has 0 rings (SSSR count). The van der Waals surface area contributed by atoms with Crippen LogP contribution in [0.4, 0.5) is 0 Å². The van der Waals surface area contributed by atoms with Crippen molar-refractivity contribution in [2.24, 2.45) is 0 Å². The predicted octanol–water partition coefficient (Wildman–Crippen LogP) is 2.19. The molecule has 35 heavy (non-hydrogen) atoms. The van der Waals surface area contributed by atoms with E-state index in [0.29, 0.717) is 52.0 Å². The van der Waals surface area contributed by atoms with Crippen molar-refractivity contribution >= 4 is 11.9 Å². The lowest BCUT2D eigenvalue weighted by Crippen LogP contribution is -2.35. The maximum Gasteiger partial charge on any atom is 0.307 e. The van der Waals surface area contributed by atoms with Crippen LogP contribution < -0.4 is 0 Å². The van der Waals surface area contributed by atoms with Crippen molar-refractivity contribution in [3.05, 3.63) is 0 Å². The minimum Gasteiger partial charge on any atom is -0.466 e. The Balaban J connectivity index is 4.11. The molecule has 0 bridgehead atoms. The molecule has 0 atom stereocenters. The molecule has 0 aromatic heterocycles. The van der Waals surface area contributed by atoms with Gasteiger partial charge in [-0.1, -0.05) is 0 Å². The van der Waals surface area contributed by atoms with Crippen molar-refractivity contribution in [1.82, 2.24) is 19.6 Å². The number of esters is 2. The molecule has 0 aliphatic heterocycles. The average Bonchev–Trinajstić information content (AvgIpc) is 2.72. The number of carbonyl (C=O) groups excluding carboxylic acids is 2. The van der Waals surface area contributed by atoms with Gasteiger partial charge in [-0.15, -0.1) is 0 Å². The fraction of sp³-hybridized carbons (Fsp3) is 0.923. The summed E-state index contributed by atoms with van der Waals surface area (Å²) in [6.45, 7) is 13.7. The molecule has 0 amide bonds. The van der Waals surface area contributed by atoms with E-state index in [0.717, 1.165) is 26.2 Å². The molecule has 208 valence electrons. The lowest BCUT2D eigenvalue weighted by molar-refractivity contribution is -0.159. The Kier molecular flexibility index (Phi) is 16.6. The first-order valence-corrected chi connectivity index (χ1v) is 12.8. The van der Waals surface area contributed by atoms with Gasteiger partial charge >= 0.3 is 11.9 Å². The molecule has 0 aromatic carbocycles. The maximum absolute atomic E-state index is 12.3. The van der Waals surface area contributed by atoms with Crippen LogP contribution in [0.15, 0.2) is 0 Å². The van der Waals surface area contributed by atoms with Gasteiger partial charge in [-0.2, -0.15) is 0 Å². The van der Waals surface area contributed by atoms with Crippen molar-refractivity contribution in [2.75, 3.05) is 94.8 Å². The van der Waals surface area contributed by atoms with Crippen molar-refractivity contribution in [2.45, 2.75) is 64.6 Å². The summed E-state index contributed by atoms with van der Waals surface area (Å²) in [7, 11) is 12.2. The summed E-state index contributed by atoms with van der Waals surface area (Å²) in [5, 5.41) is 0. The average molecular weight is 503 g/mol. The summed E-state index contributed by atoms with van der Waals surface area (Å²) in [5.74, 6) is -0.372. The predicted molar refractivity (Wildman–Crippen MR) is 142 cm³/mol. The van der Waals surface area contributed by atoms with E-state index in [1.165, 1.54) is 0 Å². The lowest BCUT2D eigenvalue weighted by Gasteiger charge is -2.29. The maximum atomic E-state index is 12.3. The highest BCUT2D eigenvalue weighted by Crippen LogP contribution is 2.20. The van der Waals surface area contributed by atoms with Crippen LogP contribution in [0, 0.1) is 0 Å². The Morgan fingerprint density at radius 2 is 1.06 bits per heavy atom. The molecule has 0 saturated carbocycles. The minimum absolute atomic E-state index is 0.182. The summed E-state index contributed by atoms with van der Waals surface area (Å²) in [6.07, 6.45) is 1.96. The molecular weight excluding hydrogens is 448 g/mol. The molecule has 0 heterocycles. The van der Waals surface area contributed by atoms with Crippen LogP contribution in [0.5, 0.6) is 0 Å². The van der Waals surface area contributed by atoms with Crippen LogP contribution >= 0.6 is 0 Å². The summed E-state index contributed by atoms with van der Waals surface area (Å²) in [4.78, 5) is 32.8. The third-order valence-electron chi connectivity index (χ3n) is 5.81. The van der Waals surface area contributed by atoms with Gasteiger partial charge in [0.1, 0.15) is 5.60 Å². The smallest absolute Gasteiger partial charge is 0.307 e. The zero-order chi connectivity index (χ0) is 27.1. The van der Waals surface area contributed by atoms with Crippen molar-refractivity contribution in [3.63, 3.8) is 0 Å². The standard InChI is InChI=1S/C26H54N4O5/c1-25(2,13-21-33-23(31)11-15-29(9)19-17-27(5)6)34-22-14-26(3,4)35-24(32)12-16-30(10)20-18-28(7)8/h11-22H2,1-10H3. The largest absolute Gasteiger partial charge is 0.466 e. The van der Waals surface area contributed by atoms with Crippen LogP contribution in [0.1, 0.15) is 53.4 Å². The number of hydrogen-bond acceptors (Lipinski definition) is 9. The number of hydrogen-bond donors (Lipinski definition) is 0. The second-order valence-electron chi connectivity index (χ2n) is 11.3. The highest BCUT2D eigenvalue weighted by atomic mass is 16.6. The van der Waals surface area contributed by atoms with Gasteiger partial charge in [0.2, 0.25) is 0 Å². The van der Waals surface area contributed by atoms with Crippen LogP contribution in [-0.4, -0.2) is 138 Å². The number of rotatable bonds is 20. The first-order valence-electron chi connectivity index (χ1n) is 12.8. The Hall–Kier alpha value is -1.26. The van der Waals surface area contributed by atoms with Gasteiger partial charge in [0.25, 0.3) is 0 Å². The Bertz CT molecular complexity index is 596. The van der Waals surface area contributed by atoms with Gasteiger partial charge in [-0.25, -0.2) is 0 Å². The second kappa shape index (κ2) is 17.2. The quantitative estimate of drug-likeness (QED) is 0.233. The van der Waals surface area contributed by atoms with E-state index < -0.39 is 11.2 Å². The van der Waals surface area contributed by atoms with E-state index in [-0.39, 0.29) is 11.9 Å². The third-order valence-corrected chi connectivity index (χ3v) is 5.81. The highest BCUT2D eigenvalue weighted by Gasteiger charge is 2.25. The molecule has 0 spiro atoms. The zero-order valence-electron chi connectivity index (χ0n) is 24.3. The minimum atomic E-state index is -0.597. The lowest BCUT2D eigenvalue weighted by atomic mass is 10.0. The summed E-state index contributed by atoms with van der Waals surface area (Å²) in [6, 6.07) is 0. The summed E-state index contributed by atoms with van der Waals surface area (Å²) >= 11 is 0. The molecule has 0 unspecified atom stereocenters. The van der Waals surface area contributed by atoms with E-state index in [1.54, 1.807) is 0 Å². The van der Waals surface area contributed by atoms with Gasteiger partial charge in [-0.05, 0) is 70.0 Å². The zero-order valence-corrected chi connectivity index (χ0v) is 24.3. The van der Waals surface area contributed by atoms with Crippen molar-refractivity contribution in [3.8, 4) is 0 Å². The molecule has 0 N–H and O–H groups in total. The van der Waals surface area contributed by atoms with Crippen molar-refractivity contribution < 1.29 is 23.8 Å². The van der Waals surface area contributed by atoms with Gasteiger partial charge in [-0.3, -0.25) is 9.59 Å². The molecule has 0 radical (unpaired) electrons. The first-order chi connectivity index (χ1) is 16.1. The van der Waals surface area contributed by atoms with Gasteiger partial charge in [0, 0.05) is 52.1 Å². The SMILES string of the molecule is CN(C)CCN(C)CCC(=O)OCCC(C)(C)OCCC(C)(C)OC(=O)CCN(C)CCN(C)C. The fourth-order valence-electron chi connectivity index (χ4n) is 3.07. The van der Waals surface area contributed by atoms with Crippen LogP contribution in [0.3, 0.4) is 0 Å². The summed E-state index contributed by atoms with van der Waals surface area (Å²) < 4.78 is 17.1. The van der Waals surface area contributed by atoms with E-state index in [1.807, 2.05) is 70.0 Å². The van der Waals surface area contributed by atoms with Crippen molar-refractivity contribution in [1.29, 1.82) is 0 Å². The van der Waals surface area contributed by atoms with E-state index in [9.17, 15) is 9.59 Å². The summed E-state index contributed by atoms with van der Waals surface area (Å²) in [5.41, 5.74) is -1.03. The van der Waals surface area contributed by atoms with Crippen LogP contribution in [0.25, 0.3) is 0 Å². The number of likely N-dealkylation sites (N-methyl/N-ethyl adjacent to an activating group) is 4. The van der Waals surface area contributed by atoms with E-state index in [4.69, 9.17) is 14.2 Å². The van der Waals surface area contributed by atoms with Gasteiger partial charge < -0.3 is 33.8 Å². The van der Waals surface area contributed by atoms with Crippen LogP contribution in [0.2, 0.25) is 0 Å². The monoisotopic (exact) mass is 502 g/mol. The molecule has 9 nitrogen and oxygen atoms in total. The Morgan fingerprint density at radius 1 is 0.600 bits per heavy atom. The molecular formula is C26H54N4O5. The molecule has 0 aliphatic rings. The molecule has 9 heteroatoms. The van der Waals surface area contributed by atoms with E-state index >= 15 is 0 Å². The second-order valence-corrected chi connectivity index (χ2v) is 11.3. The Morgan fingerprint density at radius 3 is 1.54 bits per heavy atom. The molecule has 0 saturated heterocycles.